The van der Waals surface area contributed by atoms with Gasteiger partial charge in [-0.25, -0.2) is 0 Å². The SMILES string of the molecule is O=C(O)Cc1ccccc1OCNc1c(Cl)cccc1Cl. The number of hydrogen-bond donors (Lipinski definition) is 2. The number of rotatable bonds is 6. The second-order valence-electron chi connectivity index (χ2n) is 4.24. The van der Waals surface area contributed by atoms with E-state index in [0.29, 0.717) is 27.0 Å². The normalized spacial score (nSPS) is 10.2. The van der Waals surface area contributed by atoms with Gasteiger partial charge in [0.25, 0.3) is 0 Å². The van der Waals surface area contributed by atoms with Crippen LogP contribution in [0.3, 0.4) is 0 Å². The average Bonchev–Trinajstić information content (AvgIpc) is 2.43. The Morgan fingerprint density at radius 1 is 1.10 bits per heavy atom. The molecule has 0 unspecified atom stereocenters. The van der Waals surface area contributed by atoms with E-state index < -0.39 is 5.97 Å². The van der Waals surface area contributed by atoms with Crippen LogP contribution in [0.25, 0.3) is 0 Å². The van der Waals surface area contributed by atoms with Gasteiger partial charge in [0, 0.05) is 5.56 Å². The fourth-order valence-corrected chi connectivity index (χ4v) is 2.34. The number of halogens is 2. The molecule has 0 aliphatic carbocycles. The van der Waals surface area contributed by atoms with Crippen molar-refractivity contribution in [2.75, 3.05) is 12.0 Å². The van der Waals surface area contributed by atoms with Crippen molar-refractivity contribution in [3.05, 3.63) is 58.1 Å². The predicted octanol–water partition coefficient (Wildman–Crippen LogP) is 4.07. The van der Waals surface area contributed by atoms with Crippen LogP contribution < -0.4 is 10.1 Å². The number of hydrogen-bond acceptors (Lipinski definition) is 3. The summed E-state index contributed by atoms with van der Waals surface area (Å²) < 4.78 is 5.56. The molecule has 0 radical (unpaired) electrons. The van der Waals surface area contributed by atoms with Crippen molar-refractivity contribution in [1.29, 1.82) is 0 Å². The van der Waals surface area contributed by atoms with Crippen LogP contribution in [0.15, 0.2) is 42.5 Å². The van der Waals surface area contributed by atoms with E-state index in [4.69, 9.17) is 33.0 Å². The van der Waals surface area contributed by atoms with Crippen LogP contribution in [0.4, 0.5) is 5.69 Å². The number of nitrogens with one attached hydrogen (secondary N) is 1. The molecule has 6 heteroatoms. The highest BCUT2D eigenvalue weighted by molar-refractivity contribution is 6.39. The van der Waals surface area contributed by atoms with Gasteiger partial charge in [-0.2, -0.15) is 0 Å². The first-order valence-corrected chi connectivity index (χ1v) is 6.94. The minimum absolute atomic E-state index is 0.0942. The van der Waals surface area contributed by atoms with Gasteiger partial charge in [-0.3, -0.25) is 4.79 Å². The Bertz CT molecular complexity index is 626. The molecule has 0 bridgehead atoms. The van der Waals surface area contributed by atoms with Gasteiger partial charge >= 0.3 is 5.97 Å². The van der Waals surface area contributed by atoms with Crippen LogP contribution in [0.2, 0.25) is 10.0 Å². The quantitative estimate of drug-likeness (QED) is 0.786. The maximum atomic E-state index is 10.8. The summed E-state index contributed by atoms with van der Waals surface area (Å²) in [4.78, 5) is 10.8. The van der Waals surface area contributed by atoms with E-state index in [2.05, 4.69) is 5.32 Å². The molecule has 0 fully saturated rings. The van der Waals surface area contributed by atoms with Crippen molar-refractivity contribution in [3.63, 3.8) is 0 Å². The molecular weight excluding hydrogens is 313 g/mol. The smallest absolute Gasteiger partial charge is 0.307 e. The van der Waals surface area contributed by atoms with Crippen LogP contribution in [-0.4, -0.2) is 17.8 Å². The summed E-state index contributed by atoms with van der Waals surface area (Å²) in [5, 5.41) is 12.8. The van der Waals surface area contributed by atoms with Gasteiger partial charge in [0.2, 0.25) is 0 Å². The Labute approximate surface area is 132 Å². The largest absolute Gasteiger partial charge is 0.481 e. The highest BCUT2D eigenvalue weighted by atomic mass is 35.5. The average molecular weight is 326 g/mol. The van der Waals surface area contributed by atoms with Gasteiger partial charge in [0.05, 0.1) is 22.2 Å². The van der Waals surface area contributed by atoms with E-state index in [0.717, 1.165) is 0 Å². The van der Waals surface area contributed by atoms with Gasteiger partial charge in [0.1, 0.15) is 5.75 Å². The lowest BCUT2D eigenvalue weighted by molar-refractivity contribution is -0.136. The number of carboxylic acids is 1. The zero-order valence-corrected chi connectivity index (χ0v) is 12.5. The fraction of sp³-hybridized carbons (Fsp3) is 0.133. The molecule has 2 aromatic rings. The van der Waals surface area contributed by atoms with Crippen molar-refractivity contribution in [2.24, 2.45) is 0 Å². The summed E-state index contributed by atoms with van der Waals surface area (Å²) in [5.41, 5.74) is 1.19. The molecule has 0 heterocycles. The molecule has 0 aromatic heterocycles. The molecule has 110 valence electrons. The number of ether oxygens (including phenoxy) is 1. The summed E-state index contributed by atoms with van der Waals surface area (Å²) >= 11 is 12.1. The summed E-state index contributed by atoms with van der Waals surface area (Å²) in [6, 6.07) is 12.2. The van der Waals surface area contributed by atoms with Crippen LogP contribution in [0.5, 0.6) is 5.75 Å². The molecule has 4 nitrogen and oxygen atoms in total. The van der Waals surface area contributed by atoms with Gasteiger partial charge in [-0.05, 0) is 18.2 Å². The summed E-state index contributed by atoms with van der Waals surface area (Å²) in [7, 11) is 0. The monoisotopic (exact) mass is 325 g/mol. The van der Waals surface area contributed by atoms with Gasteiger partial charge in [0.15, 0.2) is 6.73 Å². The van der Waals surface area contributed by atoms with Crippen molar-refractivity contribution < 1.29 is 14.6 Å². The topological polar surface area (TPSA) is 58.6 Å². The maximum Gasteiger partial charge on any atom is 0.307 e. The molecule has 2 aromatic carbocycles. The molecule has 0 atom stereocenters. The van der Waals surface area contributed by atoms with Crippen molar-refractivity contribution in [3.8, 4) is 5.75 Å². The first-order chi connectivity index (χ1) is 10.1. The van der Waals surface area contributed by atoms with E-state index in [-0.39, 0.29) is 13.2 Å². The van der Waals surface area contributed by atoms with Crippen LogP contribution in [-0.2, 0) is 11.2 Å². The van der Waals surface area contributed by atoms with Crippen molar-refractivity contribution >= 4 is 34.9 Å². The van der Waals surface area contributed by atoms with Crippen molar-refractivity contribution in [1.82, 2.24) is 0 Å². The minimum atomic E-state index is -0.909. The zero-order valence-electron chi connectivity index (χ0n) is 11.0. The minimum Gasteiger partial charge on any atom is -0.481 e. The first kappa shape index (κ1) is 15.5. The first-order valence-electron chi connectivity index (χ1n) is 6.18. The third kappa shape index (κ3) is 4.28. The van der Waals surface area contributed by atoms with E-state index in [9.17, 15) is 4.79 Å². The molecule has 0 amide bonds. The molecular formula is C15H13Cl2NO3. The van der Waals surface area contributed by atoms with Gasteiger partial charge in [-0.15, -0.1) is 0 Å². The zero-order chi connectivity index (χ0) is 15.2. The summed E-state index contributed by atoms with van der Waals surface area (Å²) in [5.74, 6) is -0.399. The molecule has 0 spiro atoms. The Kier molecular flexibility index (Phi) is 5.31. The Morgan fingerprint density at radius 3 is 2.43 bits per heavy atom. The Hall–Kier alpha value is -1.91. The fourth-order valence-electron chi connectivity index (χ4n) is 1.81. The molecule has 0 aliphatic heterocycles. The van der Waals surface area contributed by atoms with E-state index in [1.54, 1.807) is 42.5 Å². The van der Waals surface area contributed by atoms with E-state index >= 15 is 0 Å². The standard InChI is InChI=1S/C15H13Cl2NO3/c16-11-5-3-6-12(17)15(11)18-9-21-13-7-2-1-4-10(13)8-14(19)20/h1-7,18H,8-9H2,(H,19,20). The highest BCUT2D eigenvalue weighted by Crippen LogP contribution is 2.29. The molecule has 0 aliphatic rings. The lowest BCUT2D eigenvalue weighted by Crippen LogP contribution is -2.11. The van der Waals surface area contributed by atoms with Gasteiger partial charge in [-0.1, -0.05) is 47.5 Å². The van der Waals surface area contributed by atoms with Crippen LogP contribution >= 0.6 is 23.2 Å². The van der Waals surface area contributed by atoms with Crippen LogP contribution in [0.1, 0.15) is 5.56 Å². The molecule has 2 rings (SSSR count). The summed E-state index contributed by atoms with van der Waals surface area (Å²) in [6.45, 7) is 0.125. The number of carboxylic acid groups (broad SMARTS) is 1. The number of para-hydroxylation sites is 2. The number of aliphatic carboxylic acids is 1. The Balaban J connectivity index is 2.02. The third-order valence-corrected chi connectivity index (χ3v) is 3.38. The summed E-state index contributed by atoms with van der Waals surface area (Å²) in [6.07, 6.45) is -0.0942. The molecule has 0 saturated heterocycles. The molecule has 21 heavy (non-hydrogen) atoms. The van der Waals surface area contributed by atoms with Crippen molar-refractivity contribution in [2.45, 2.75) is 6.42 Å². The second kappa shape index (κ2) is 7.20. The number of carbonyl (C=O) groups is 1. The maximum absolute atomic E-state index is 10.8. The Morgan fingerprint density at radius 2 is 1.76 bits per heavy atom. The number of anilines is 1. The van der Waals surface area contributed by atoms with E-state index in [1.165, 1.54) is 0 Å². The second-order valence-corrected chi connectivity index (χ2v) is 5.05. The highest BCUT2D eigenvalue weighted by Gasteiger charge is 2.08. The van der Waals surface area contributed by atoms with Crippen LogP contribution in [0, 0.1) is 0 Å². The lowest BCUT2D eigenvalue weighted by atomic mass is 10.1. The molecule has 0 saturated carbocycles. The lowest BCUT2D eigenvalue weighted by Gasteiger charge is -2.13. The number of benzene rings is 2. The van der Waals surface area contributed by atoms with Gasteiger partial charge < -0.3 is 15.2 Å². The third-order valence-electron chi connectivity index (χ3n) is 2.75. The molecule has 2 N–H and O–H groups in total. The van der Waals surface area contributed by atoms with E-state index in [1.807, 2.05) is 0 Å². The predicted molar refractivity (Wildman–Crippen MR) is 83.4 cm³/mol.